The molecule has 4 nitrogen and oxygen atoms in total. The van der Waals surface area contributed by atoms with E-state index in [-0.39, 0.29) is 28.8 Å². The fraction of sp³-hybridized carbons (Fsp3) is 0.200. The lowest BCUT2D eigenvalue weighted by molar-refractivity contribution is -0.114. The summed E-state index contributed by atoms with van der Waals surface area (Å²) in [5, 5.41) is 8.05. The maximum Gasteiger partial charge on any atom is 0.221 e. The highest BCUT2D eigenvalue weighted by Gasteiger charge is 2.34. The molecule has 0 aromatic heterocycles. The second-order valence-corrected chi connectivity index (χ2v) is 11.0. The van der Waals surface area contributed by atoms with Gasteiger partial charge in [0.1, 0.15) is 5.82 Å². The Bertz CT molecular complexity index is 1660. The Balaban J connectivity index is 0.000000403. The van der Waals surface area contributed by atoms with Gasteiger partial charge in [-0.05, 0) is 99.5 Å². The normalized spacial score (nSPS) is 17.2. The summed E-state index contributed by atoms with van der Waals surface area (Å²) in [6, 6.07) is 16.2. The molecule has 3 aromatic carbocycles. The quantitative estimate of drug-likeness (QED) is 0.412. The van der Waals surface area contributed by atoms with Crippen LogP contribution in [-0.2, 0) is 16.6 Å². The first kappa shape index (κ1) is 27.1. The Hall–Kier alpha value is -4.51. The minimum atomic E-state index is -0.342. The Morgan fingerprint density at radius 3 is 2.33 bits per heavy atom. The average Bonchev–Trinajstić information content (AvgIpc) is 3.26. The van der Waals surface area contributed by atoms with Crippen LogP contribution in [0.5, 0.6) is 0 Å². The predicted octanol–water partition coefficient (Wildman–Crippen LogP) is 5.92. The van der Waals surface area contributed by atoms with Gasteiger partial charge >= 0.3 is 0 Å². The Labute approximate surface area is 234 Å². The molecule has 5 heteroatoms. The third-order valence-corrected chi connectivity index (χ3v) is 7.54. The van der Waals surface area contributed by atoms with E-state index < -0.39 is 0 Å². The number of anilines is 1. The predicted molar refractivity (Wildman–Crippen MR) is 160 cm³/mol. The summed E-state index contributed by atoms with van der Waals surface area (Å²) in [6.45, 7) is 5.87. The molecule has 2 N–H and O–H groups in total. The molecule has 202 valence electrons. The van der Waals surface area contributed by atoms with Gasteiger partial charge in [0.15, 0.2) is 5.78 Å². The number of hydrogen-bond donors (Lipinski definition) is 2. The van der Waals surface area contributed by atoms with Crippen LogP contribution in [0.15, 0.2) is 91.3 Å². The number of rotatable bonds is 3. The highest BCUT2D eigenvalue weighted by atomic mass is 19.1. The third-order valence-electron chi connectivity index (χ3n) is 7.54. The van der Waals surface area contributed by atoms with Crippen molar-refractivity contribution < 1.29 is 14.0 Å². The smallest absolute Gasteiger partial charge is 0.221 e. The maximum atomic E-state index is 13.4. The number of carbonyl (C=O) groups is 2. The van der Waals surface area contributed by atoms with Crippen molar-refractivity contribution in [2.75, 3.05) is 5.32 Å². The fourth-order valence-electron chi connectivity index (χ4n) is 5.68. The van der Waals surface area contributed by atoms with E-state index in [4.69, 9.17) is 0 Å². The number of halogens is 1. The molecule has 1 amide bonds. The molecule has 1 atom stereocenters. The molecule has 0 saturated heterocycles. The average molecular weight is 533 g/mol. The zero-order chi connectivity index (χ0) is 28.3. The molecule has 0 fully saturated rings. The Morgan fingerprint density at radius 2 is 1.62 bits per heavy atom. The number of fused-ring (bicyclic) bond motifs is 5. The van der Waals surface area contributed by atoms with E-state index in [2.05, 4.69) is 54.8 Å². The van der Waals surface area contributed by atoms with Crippen LogP contribution in [0.2, 0.25) is 0 Å². The first-order chi connectivity index (χ1) is 19.2. The van der Waals surface area contributed by atoms with Gasteiger partial charge in [0, 0.05) is 36.5 Å². The van der Waals surface area contributed by atoms with E-state index in [9.17, 15) is 14.0 Å². The summed E-state index contributed by atoms with van der Waals surface area (Å²) in [7, 11) is 0. The van der Waals surface area contributed by atoms with Gasteiger partial charge in [-0.25, -0.2) is 4.39 Å². The number of nitrogens with one attached hydrogen (secondary N) is 2. The molecule has 0 spiro atoms. The van der Waals surface area contributed by atoms with Gasteiger partial charge in [0.25, 0.3) is 0 Å². The summed E-state index contributed by atoms with van der Waals surface area (Å²) in [5.74, 6) is -0.688. The molecule has 3 aliphatic rings. The largest absolute Gasteiger partial charge is 0.368 e. The first-order valence-corrected chi connectivity index (χ1v) is 13.5. The van der Waals surface area contributed by atoms with Crippen LogP contribution < -0.4 is 21.1 Å². The number of allylic oxidation sites excluding steroid dienone is 4. The van der Waals surface area contributed by atoms with Crippen LogP contribution in [0.1, 0.15) is 48.7 Å². The minimum Gasteiger partial charge on any atom is -0.368 e. The maximum absolute atomic E-state index is 13.4. The molecule has 1 unspecified atom stereocenters. The fourth-order valence-corrected chi connectivity index (χ4v) is 5.68. The lowest BCUT2D eigenvalue weighted by atomic mass is 9.69. The SMILES string of the molecule is C1=CC=CNC=C1.CC(=O)Nc1ccc2c(c1)-c1ccc3c(c1=CC2)=CC(C(=O)c1ccc(F)cc1)CC3(C)C. The Morgan fingerprint density at radius 1 is 0.900 bits per heavy atom. The van der Waals surface area contributed by atoms with Crippen LogP contribution in [-0.4, -0.2) is 11.7 Å². The molecule has 0 radical (unpaired) electrons. The van der Waals surface area contributed by atoms with E-state index in [1.54, 1.807) is 12.1 Å². The molecule has 3 aromatic rings. The highest BCUT2D eigenvalue weighted by Crippen LogP contribution is 2.35. The van der Waals surface area contributed by atoms with Crippen molar-refractivity contribution in [2.45, 2.75) is 39.0 Å². The first-order valence-electron chi connectivity index (χ1n) is 13.5. The lowest BCUT2D eigenvalue weighted by Crippen LogP contribution is -2.43. The van der Waals surface area contributed by atoms with Crippen LogP contribution in [0, 0.1) is 11.7 Å². The van der Waals surface area contributed by atoms with Crippen LogP contribution in [0.4, 0.5) is 10.1 Å². The topological polar surface area (TPSA) is 58.2 Å². The molecular formula is C35H33FN2O2. The van der Waals surface area contributed by atoms with Crippen LogP contribution in [0.25, 0.3) is 23.3 Å². The number of Topliss-reactive ketones (excluding diaryl/α,β-unsaturated/α-hetero) is 1. The van der Waals surface area contributed by atoms with Crippen molar-refractivity contribution in [3.8, 4) is 11.1 Å². The van der Waals surface area contributed by atoms with Gasteiger partial charge in [-0.1, -0.05) is 56.4 Å². The zero-order valence-corrected chi connectivity index (χ0v) is 23.0. The number of carbonyl (C=O) groups excluding carboxylic acids is 2. The van der Waals surface area contributed by atoms with Gasteiger partial charge in [-0.3, -0.25) is 9.59 Å². The molecule has 1 aliphatic heterocycles. The lowest BCUT2D eigenvalue weighted by Gasteiger charge is -2.34. The van der Waals surface area contributed by atoms with Crippen molar-refractivity contribution in [1.29, 1.82) is 0 Å². The van der Waals surface area contributed by atoms with Gasteiger partial charge in [-0.15, -0.1) is 0 Å². The summed E-state index contributed by atoms with van der Waals surface area (Å²) in [5.41, 5.74) is 5.82. The summed E-state index contributed by atoms with van der Waals surface area (Å²) in [6.07, 6.45) is 17.4. The molecule has 6 rings (SSSR count). The third kappa shape index (κ3) is 5.74. The number of ketones is 1. The van der Waals surface area contributed by atoms with Crippen molar-refractivity contribution in [2.24, 2.45) is 5.92 Å². The van der Waals surface area contributed by atoms with E-state index in [0.29, 0.717) is 12.0 Å². The van der Waals surface area contributed by atoms with Crippen LogP contribution >= 0.6 is 0 Å². The number of hydrogen-bond acceptors (Lipinski definition) is 3. The summed E-state index contributed by atoms with van der Waals surface area (Å²) < 4.78 is 13.4. The molecule has 40 heavy (non-hydrogen) atoms. The standard InChI is InChI=1S/C29H26FNO2.C6H7N/c1-17(32)31-22-10-6-18-7-11-24-23(25(18)15-22)12-13-27-26(24)14-20(16-29(27,2)3)28(33)19-4-8-21(30)9-5-19;1-2-4-6-7-5-3-1/h4-6,8-15,20H,7,16H2,1-3H3,(H,31,32);1-7H. The van der Waals surface area contributed by atoms with E-state index in [1.807, 2.05) is 48.8 Å². The van der Waals surface area contributed by atoms with Gasteiger partial charge in [0.2, 0.25) is 5.91 Å². The molecule has 2 aliphatic carbocycles. The summed E-state index contributed by atoms with van der Waals surface area (Å²) in [4.78, 5) is 24.9. The Kier molecular flexibility index (Phi) is 7.65. The number of benzene rings is 3. The zero-order valence-electron chi connectivity index (χ0n) is 23.0. The van der Waals surface area contributed by atoms with Gasteiger partial charge < -0.3 is 10.6 Å². The highest BCUT2D eigenvalue weighted by molar-refractivity contribution is 6.01. The minimum absolute atomic E-state index is 0.0236. The molecule has 0 saturated carbocycles. The second-order valence-electron chi connectivity index (χ2n) is 11.0. The second kappa shape index (κ2) is 11.3. The van der Waals surface area contributed by atoms with E-state index in [1.165, 1.54) is 30.2 Å². The van der Waals surface area contributed by atoms with Gasteiger partial charge in [-0.2, -0.15) is 0 Å². The molecule has 0 bridgehead atoms. The number of amides is 1. The monoisotopic (exact) mass is 532 g/mol. The van der Waals surface area contributed by atoms with Crippen molar-refractivity contribution >= 4 is 29.5 Å². The van der Waals surface area contributed by atoms with Crippen LogP contribution in [0.3, 0.4) is 0 Å². The summed E-state index contributed by atoms with van der Waals surface area (Å²) >= 11 is 0. The molecular weight excluding hydrogens is 499 g/mol. The van der Waals surface area contributed by atoms with E-state index in [0.717, 1.165) is 33.7 Å². The molecule has 1 heterocycles. The van der Waals surface area contributed by atoms with Gasteiger partial charge in [0.05, 0.1) is 0 Å². The van der Waals surface area contributed by atoms with E-state index >= 15 is 0 Å². The van der Waals surface area contributed by atoms with Crippen molar-refractivity contribution in [1.82, 2.24) is 5.32 Å². The van der Waals surface area contributed by atoms with Crippen molar-refractivity contribution in [3.63, 3.8) is 0 Å². The van der Waals surface area contributed by atoms with Crippen molar-refractivity contribution in [3.05, 3.63) is 124 Å².